The summed E-state index contributed by atoms with van der Waals surface area (Å²) in [4.78, 5) is 51.1. The van der Waals surface area contributed by atoms with Gasteiger partial charge in [0.05, 0.1) is 16.8 Å². The van der Waals surface area contributed by atoms with E-state index in [1.807, 2.05) is 0 Å². The van der Waals surface area contributed by atoms with Crippen LogP contribution in [0.3, 0.4) is 0 Å². The van der Waals surface area contributed by atoms with Crippen molar-refractivity contribution in [1.82, 2.24) is 0 Å². The first-order chi connectivity index (χ1) is 15.7. The third kappa shape index (κ3) is 3.99. The van der Waals surface area contributed by atoms with Gasteiger partial charge in [-0.2, -0.15) is 0 Å². The fourth-order valence-corrected chi connectivity index (χ4v) is 3.80. The number of benzene rings is 3. The minimum absolute atomic E-state index is 0.0418. The van der Waals surface area contributed by atoms with Crippen molar-refractivity contribution in [1.29, 1.82) is 0 Å². The Morgan fingerprint density at radius 1 is 0.970 bits per heavy atom. The summed E-state index contributed by atoms with van der Waals surface area (Å²) in [5.74, 6) is -2.25. The van der Waals surface area contributed by atoms with Gasteiger partial charge in [-0.1, -0.05) is 41.9 Å². The normalized spacial score (nSPS) is 13.1. The minimum atomic E-state index is -1.16. The lowest BCUT2D eigenvalue weighted by Gasteiger charge is -2.21. The molecule has 166 valence electrons. The number of carbonyl (C=O) groups excluding carboxylic acids is 4. The van der Waals surface area contributed by atoms with E-state index < -0.39 is 23.8 Å². The zero-order valence-electron chi connectivity index (χ0n) is 17.8. The number of anilines is 2. The number of amides is 1. The average molecular weight is 463 g/mol. The standard InChI is InChI=1S/C25H19ClN2O5/c1-12-7-8-14(26)11-19(12)28-24(31)13(2)33-25(32)18-10-9-17-20(21(18)27)23(30)16-6-4-3-5-15(16)22(17)29/h3-11,13H,27H2,1-2H3,(H,28,31). The molecule has 0 spiro atoms. The van der Waals surface area contributed by atoms with E-state index in [0.29, 0.717) is 10.7 Å². The van der Waals surface area contributed by atoms with Gasteiger partial charge in [-0.15, -0.1) is 0 Å². The van der Waals surface area contributed by atoms with Crippen LogP contribution in [0.25, 0.3) is 0 Å². The molecule has 0 radical (unpaired) electrons. The van der Waals surface area contributed by atoms with E-state index in [1.165, 1.54) is 25.1 Å². The van der Waals surface area contributed by atoms with Gasteiger partial charge in [-0.3, -0.25) is 14.4 Å². The zero-order valence-corrected chi connectivity index (χ0v) is 18.5. The second-order valence-corrected chi connectivity index (χ2v) is 8.09. The van der Waals surface area contributed by atoms with Gasteiger partial charge in [0.25, 0.3) is 5.91 Å². The summed E-state index contributed by atoms with van der Waals surface area (Å²) in [6.45, 7) is 3.21. The summed E-state index contributed by atoms with van der Waals surface area (Å²) in [5.41, 5.74) is 7.73. The van der Waals surface area contributed by atoms with Crippen LogP contribution < -0.4 is 11.1 Å². The van der Waals surface area contributed by atoms with Gasteiger partial charge in [0, 0.05) is 27.4 Å². The summed E-state index contributed by atoms with van der Waals surface area (Å²) in [6, 6.07) is 14.1. The van der Waals surface area contributed by atoms with Gasteiger partial charge >= 0.3 is 5.97 Å². The number of hydrogen-bond acceptors (Lipinski definition) is 6. The second kappa shape index (κ2) is 8.52. The van der Waals surface area contributed by atoms with Crippen LogP contribution in [-0.2, 0) is 9.53 Å². The molecule has 1 amide bonds. The molecule has 1 unspecified atom stereocenters. The summed E-state index contributed by atoms with van der Waals surface area (Å²) in [7, 11) is 0. The maximum Gasteiger partial charge on any atom is 0.341 e. The highest BCUT2D eigenvalue weighted by Crippen LogP contribution is 2.33. The Morgan fingerprint density at radius 3 is 2.33 bits per heavy atom. The summed E-state index contributed by atoms with van der Waals surface area (Å²) >= 11 is 5.97. The fourth-order valence-electron chi connectivity index (χ4n) is 3.63. The molecule has 33 heavy (non-hydrogen) atoms. The Bertz CT molecular complexity index is 1350. The quantitative estimate of drug-likeness (QED) is 0.347. The number of halogens is 1. The molecule has 7 nitrogen and oxygen atoms in total. The first-order valence-corrected chi connectivity index (χ1v) is 10.5. The number of aryl methyl sites for hydroxylation is 1. The predicted molar refractivity (Wildman–Crippen MR) is 124 cm³/mol. The molecule has 0 aliphatic heterocycles. The van der Waals surface area contributed by atoms with Gasteiger partial charge in [-0.25, -0.2) is 4.79 Å². The monoisotopic (exact) mass is 462 g/mol. The van der Waals surface area contributed by atoms with E-state index >= 15 is 0 Å². The summed E-state index contributed by atoms with van der Waals surface area (Å²) < 4.78 is 5.28. The fraction of sp³-hybridized carbons (Fsp3) is 0.120. The summed E-state index contributed by atoms with van der Waals surface area (Å²) in [6.07, 6.45) is -1.16. The number of esters is 1. The molecule has 3 aromatic rings. The van der Waals surface area contributed by atoms with Crippen molar-refractivity contribution in [2.24, 2.45) is 0 Å². The van der Waals surface area contributed by atoms with Crippen molar-refractivity contribution < 1.29 is 23.9 Å². The van der Waals surface area contributed by atoms with Crippen molar-refractivity contribution in [3.8, 4) is 0 Å². The van der Waals surface area contributed by atoms with E-state index in [-0.39, 0.29) is 39.3 Å². The van der Waals surface area contributed by atoms with E-state index in [0.717, 1.165) is 5.56 Å². The van der Waals surface area contributed by atoms with Crippen molar-refractivity contribution in [3.63, 3.8) is 0 Å². The van der Waals surface area contributed by atoms with Crippen molar-refractivity contribution >= 4 is 46.4 Å². The van der Waals surface area contributed by atoms with E-state index in [2.05, 4.69) is 5.32 Å². The highest BCUT2D eigenvalue weighted by atomic mass is 35.5. The molecule has 0 bridgehead atoms. The van der Waals surface area contributed by atoms with Crippen LogP contribution in [0.1, 0.15) is 54.7 Å². The van der Waals surface area contributed by atoms with Gasteiger partial charge in [0.15, 0.2) is 17.7 Å². The minimum Gasteiger partial charge on any atom is -0.449 e. The summed E-state index contributed by atoms with van der Waals surface area (Å²) in [5, 5.41) is 3.11. The van der Waals surface area contributed by atoms with Crippen LogP contribution in [-0.4, -0.2) is 29.5 Å². The topological polar surface area (TPSA) is 116 Å². The van der Waals surface area contributed by atoms with E-state index in [1.54, 1.807) is 43.3 Å². The molecular formula is C25H19ClN2O5. The third-order valence-electron chi connectivity index (χ3n) is 5.46. The van der Waals surface area contributed by atoms with Crippen molar-refractivity contribution in [3.05, 3.63) is 93.0 Å². The molecule has 1 atom stereocenters. The molecule has 4 rings (SSSR count). The highest BCUT2D eigenvalue weighted by Gasteiger charge is 2.33. The van der Waals surface area contributed by atoms with Gasteiger partial charge in [0.1, 0.15) is 0 Å². The van der Waals surface area contributed by atoms with Gasteiger partial charge < -0.3 is 15.8 Å². The second-order valence-electron chi connectivity index (χ2n) is 7.65. The largest absolute Gasteiger partial charge is 0.449 e. The van der Waals surface area contributed by atoms with E-state index in [4.69, 9.17) is 22.1 Å². The number of ether oxygens (including phenoxy) is 1. The first kappa shape index (κ1) is 22.2. The van der Waals surface area contributed by atoms with Crippen LogP contribution in [0.4, 0.5) is 11.4 Å². The lowest BCUT2D eigenvalue weighted by atomic mass is 9.82. The van der Waals surface area contributed by atoms with Crippen LogP contribution >= 0.6 is 11.6 Å². The maximum absolute atomic E-state index is 13.0. The SMILES string of the molecule is Cc1ccc(Cl)cc1NC(=O)C(C)OC(=O)c1ccc2c(c1N)C(=O)c1ccccc1C2=O. The Balaban J connectivity index is 1.57. The number of carbonyl (C=O) groups is 4. The molecule has 0 fully saturated rings. The number of rotatable bonds is 4. The molecule has 3 aromatic carbocycles. The van der Waals surface area contributed by atoms with Crippen LogP contribution in [0, 0.1) is 6.92 Å². The Labute approximate surface area is 194 Å². The van der Waals surface area contributed by atoms with Gasteiger partial charge in [0.2, 0.25) is 0 Å². The molecular weight excluding hydrogens is 444 g/mol. The Kier molecular flexibility index (Phi) is 5.74. The molecule has 8 heteroatoms. The van der Waals surface area contributed by atoms with Gasteiger partial charge in [-0.05, 0) is 43.7 Å². The van der Waals surface area contributed by atoms with Crippen LogP contribution in [0.2, 0.25) is 5.02 Å². The molecule has 1 aliphatic carbocycles. The molecule has 3 N–H and O–H groups in total. The van der Waals surface area contributed by atoms with Crippen LogP contribution in [0.15, 0.2) is 54.6 Å². The Morgan fingerprint density at radius 2 is 1.64 bits per heavy atom. The smallest absolute Gasteiger partial charge is 0.341 e. The van der Waals surface area contributed by atoms with Crippen molar-refractivity contribution in [2.75, 3.05) is 11.1 Å². The van der Waals surface area contributed by atoms with E-state index in [9.17, 15) is 19.2 Å². The number of hydrogen-bond donors (Lipinski definition) is 2. The lowest BCUT2D eigenvalue weighted by molar-refractivity contribution is -0.123. The molecule has 0 saturated heterocycles. The number of fused-ring (bicyclic) bond motifs is 2. The third-order valence-corrected chi connectivity index (χ3v) is 5.70. The lowest BCUT2D eigenvalue weighted by Crippen LogP contribution is -2.31. The predicted octanol–water partition coefficient (Wildman–Crippen LogP) is 4.19. The number of nitrogens with one attached hydrogen (secondary N) is 1. The molecule has 0 aromatic heterocycles. The van der Waals surface area contributed by atoms with Crippen LogP contribution in [0.5, 0.6) is 0 Å². The number of ketones is 2. The first-order valence-electron chi connectivity index (χ1n) is 10.1. The van der Waals surface area contributed by atoms with Crippen molar-refractivity contribution in [2.45, 2.75) is 20.0 Å². The average Bonchev–Trinajstić information content (AvgIpc) is 2.79. The number of nitrogens with two attached hydrogens (primary N) is 1. The zero-order chi connectivity index (χ0) is 23.9. The highest BCUT2D eigenvalue weighted by molar-refractivity contribution is 6.31. The molecule has 1 aliphatic rings. The molecule has 0 heterocycles. The number of nitrogen functional groups attached to an aromatic ring is 1. The maximum atomic E-state index is 13.0. The molecule has 0 saturated carbocycles. The Hall–Kier alpha value is -3.97.